The number of rotatable bonds is 5. The summed E-state index contributed by atoms with van der Waals surface area (Å²) in [5.41, 5.74) is 0.331. The second-order valence-corrected chi connectivity index (χ2v) is 6.15. The normalized spacial score (nSPS) is 20.8. The van der Waals surface area contributed by atoms with E-state index in [0.717, 1.165) is 29.6 Å². The Balaban J connectivity index is 2.01. The van der Waals surface area contributed by atoms with Gasteiger partial charge in [-0.2, -0.15) is 0 Å². The van der Waals surface area contributed by atoms with Crippen LogP contribution in [0.3, 0.4) is 0 Å². The highest BCUT2D eigenvalue weighted by Gasteiger charge is 2.51. The van der Waals surface area contributed by atoms with Crippen molar-refractivity contribution in [1.82, 2.24) is 15.2 Å². The molecule has 1 N–H and O–H groups in total. The van der Waals surface area contributed by atoms with Gasteiger partial charge in [-0.1, -0.05) is 6.07 Å². The fourth-order valence-electron chi connectivity index (χ4n) is 2.95. The van der Waals surface area contributed by atoms with Crippen molar-refractivity contribution in [1.29, 1.82) is 0 Å². The summed E-state index contributed by atoms with van der Waals surface area (Å²) in [6.45, 7) is 2.19. The Morgan fingerprint density at radius 1 is 1.48 bits per heavy atom. The lowest BCUT2D eigenvalue weighted by Gasteiger charge is -2.51. The van der Waals surface area contributed by atoms with Gasteiger partial charge in [0.25, 0.3) is 0 Å². The van der Waals surface area contributed by atoms with Crippen molar-refractivity contribution >= 4 is 27.7 Å². The van der Waals surface area contributed by atoms with Crippen LogP contribution in [0.25, 0.3) is 0 Å². The Labute approximate surface area is 133 Å². The highest BCUT2D eigenvalue weighted by Crippen LogP contribution is 2.35. The molecule has 21 heavy (non-hydrogen) atoms. The number of likely N-dealkylation sites (N-methyl/N-ethyl adjacent to an activating group) is 1. The zero-order valence-electron chi connectivity index (χ0n) is 12.4. The van der Waals surface area contributed by atoms with Gasteiger partial charge in [0.15, 0.2) is 0 Å². The van der Waals surface area contributed by atoms with E-state index in [1.165, 1.54) is 6.92 Å². The van der Waals surface area contributed by atoms with Gasteiger partial charge < -0.3 is 10.2 Å². The number of nitrogens with one attached hydrogen (secondary N) is 1. The van der Waals surface area contributed by atoms with Crippen LogP contribution in [0.4, 0.5) is 0 Å². The number of hydrogen-bond acceptors (Lipinski definition) is 3. The van der Waals surface area contributed by atoms with Crippen LogP contribution in [0, 0.1) is 0 Å². The third-order valence-electron chi connectivity index (χ3n) is 4.09. The summed E-state index contributed by atoms with van der Waals surface area (Å²) in [6.07, 6.45) is 3.02. The molecule has 5 nitrogen and oxygen atoms in total. The van der Waals surface area contributed by atoms with Crippen LogP contribution in [0.5, 0.6) is 0 Å². The monoisotopic (exact) mass is 353 g/mol. The second-order valence-electron chi connectivity index (χ2n) is 5.34. The van der Waals surface area contributed by atoms with E-state index < -0.39 is 5.54 Å². The number of carbonyl (C=O) groups excluding carboxylic acids is 2. The summed E-state index contributed by atoms with van der Waals surface area (Å²) < 4.78 is 0.815. The minimum absolute atomic E-state index is 0.0366. The van der Waals surface area contributed by atoms with E-state index in [0.29, 0.717) is 13.0 Å². The van der Waals surface area contributed by atoms with Crippen molar-refractivity contribution in [2.45, 2.75) is 38.1 Å². The van der Waals surface area contributed by atoms with E-state index in [1.807, 2.05) is 18.2 Å². The number of halogens is 1. The summed E-state index contributed by atoms with van der Waals surface area (Å²) in [4.78, 5) is 29.9. The molecule has 0 bridgehead atoms. The zero-order valence-corrected chi connectivity index (χ0v) is 13.9. The van der Waals surface area contributed by atoms with Crippen molar-refractivity contribution in [3.8, 4) is 0 Å². The predicted molar refractivity (Wildman–Crippen MR) is 83.7 cm³/mol. The van der Waals surface area contributed by atoms with Gasteiger partial charge in [-0.25, -0.2) is 4.98 Å². The van der Waals surface area contributed by atoms with Gasteiger partial charge in [-0.3, -0.25) is 9.59 Å². The number of amides is 2. The van der Waals surface area contributed by atoms with Crippen LogP contribution in [0.2, 0.25) is 0 Å². The molecule has 1 aromatic heterocycles. The van der Waals surface area contributed by atoms with Crippen LogP contribution in [0.15, 0.2) is 22.8 Å². The van der Waals surface area contributed by atoms with Gasteiger partial charge in [-0.05, 0) is 53.7 Å². The molecule has 0 saturated carbocycles. The molecular formula is C15H20BrN3O2. The average molecular weight is 354 g/mol. The minimum atomic E-state index is -0.660. The van der Waals surface area contributed by atoms with Crippen LogP contribution >= 0.6 is 15.9 Å². The molecule has 2 amide bonds. The van der Waals surface area contributed by atoms with Gasteiger partial charge in [0.2, 0.25) is 11.8 Å². The quantitative estimate of drug-likeness (QED) is 0.822. The van der Waals surface area contributed by atoms with Gasteiger partial charge >= 0.3 is 0 Å². The lowest BCUT2D eigenvalue weighted by molar-refractivity contribution is -0.158. The molecule has 2 rings (SSSR count). The zero-order chi connectivity index (χ0) is 15.5. The molecule has 1 atom stereocenters. The number of aryl methyl sites for hydroxylation is 1. The van der Waals surface area contributed by atoms with Crippen LogP contribution in [-0.4, -0.2) is 40.8 Å². The van der Waals surface area contributed by atoms with Crippen molar-refractivity contribution < 1.29 is 9.59 Å². The number of pyridine rings is 1. The Morgan fingerprint density at radius 3 is 2.76 bits per heavy atom. The number of aromatic nitrogens is 1. The molecule has 0 aromatic carbocycles. The number of hydrogen-bond donors (Lipinski definition) is 1. The first kappa shape index (κ1) is 15.9. The molecule has 1 aliphatic rings. The van der Waals surface area contributed by atoms with Crippen molar-refractivity contribution in [3.05, 3.63) is 28.5 Å². The third-order valence-corrected chi connectivity index (χ3v) is 4.53. The minimum Gasteiger partial charge on any atom is -0.357 e. The smallest absolute Gasteiger partial charge is 0.245 e. The molecule has 6 heteroatoms. The lowest BCUT2D eigenvalue weighted by Crippen LogP contribution is -2.68. The van der Waals surface area contributed by atoms with Gasteiger partial charge in [0.1, 0.15) is 10.1 Å². The number of carbonyl (C=O) groups is 2. The van der Waals surface area contributed by atoms with Crippen molar-refractivity contribution in [3.63, 3.8) is 0 Å². The first-order valence-corrected chi connectivity index (χ1v) is 7.91. The summed E-state index contributed by atoms with van der Waals surface area (Å²) in [5, 5.41) is 2.69. The van der Waals surface area contributed by atoms with Gasteiger partial charge in [-0.15, -0.1) is 0 Å². The maximum Gasteiger partial charge on any atom is 0.245 e. The number of likely N-dealkylation sites (tertiary alicyclic amines) is 1. The van der Waals surface area contributed by atoms with Crippen LogP contribution < -0.4 is 5.32 Å². The van der Waals surface area contributed by atoms with Gasteiger partial charge in [0, 0.05) is 26.2 Å². The van der Waals surface area contributed by atoms with E-state index in [9.17, 15) is 9.59 Å². The van der Waals surface area contributed by atoms with Crippen LogP contribution in [-0.2, 0) is 16.0 Å². The standard InChI is InChI=1S/C15H20BrN3O2/c1-11(20)19-10-9-15(19,14(21)17-2)8-4-6-12-5-3-7-13(16)18-12/h3,5,7H,4,6,8-10H2,1-2H3,(H,17,21)/t15-/m1/s1. The maximum absolute atomic E-state index is 12.2. The Morgan fingerprint density at radius 2 is 2.24 bits per heavy atom. The maximum atomic E-state index is 12.2. The number of nitrogens with zero attached hydrogens (tertiary/aromatic N) is 2. The first-order chi connectivity index (χ1) is 9.99. The average Bonchev–Trinajstić information content (AvgIpc) is 2.41. The fourth-order valence-corrected chi connectivity index (χ4v) is 3.33. The van der Waals surface area contributed by atoms with E-state index in [1.54, 1.807) is 11.9 Å². The highest BCUT2D eigenvalue weighted by atomic mass is 79.9. The summed E-state index contributed by atoms with van der Waals surface area (Å²) in [7, 11) is 1.62. The molecule has 0 unspecified atom stereocenters. The van der Waals surface area contributed by atoms with Crippen molar-refractivity contribution in [2.24, 2.45) is 0 Å². The molecule has 1 aromatic rings. The molecule has 1 fully saturated rings. The van der Waals surface area contributed by atoms with E-state index >= 15 is 0 Å². The van der Waals surface area contributed by atoms with Gasteiger partial charge in [0.05, 0.1) is 0 Å². The van der Waals surface area contributed by atoms with E-state index in [2.05, 4.69) is 26.2 Å². The Kier molecular flexibility index (Phi) is 4.98. The summed E-state index contributed by atoms with van der Waals surface area (Å²) in [6, 6.07) is 5.81. The molecule has 0 aliphatic carbocycles. The second kappa shape index (κ2) is 6.56. The summed E-state index contributed by atoms with van der Waals surface area (Å²) >= 11 is 3.35. The van der Waals surface area contributed by atoms with E-state index in [4.69, 9.17) is 0 Å². The predicted octanol–water partition coefficient (Wildman–Crippen LogP) is 1.90. The molecule has 0 spiro atoms. The highest BCUT2D eigenvalue weighted by molar-refractivity contribution is 9.10. The van der Waals surface area contributed by atoms with E-state index in [-0.39, 0.29) is 11.8 Å². The van der Waals surface area contributed by atoms with Crippen LogP contribution in [0.1, 0.15) is 31.9 Å². The third kappa shape index (κ3) is 3.26. The fraction of sp³-hybridized carbons (Fsp3) is 0.533. The molecule has 2 heterocycles. The summed E-state index contributed by atoms with van der Waals surface area (Å²) in [5.74, 6) is -0.100. The lowest BCUT2D eigenvalue weighted by atomic mass is 9.79. The first-order valence-electron chi connectivity index (χ1n) is 7.11. The molecule has 114 valence electrons. The molecule has 1 aliphatic heterocycles. The Bertz CT molecular complexity index is 549. The topological polar surface area (TPSA) is 62.3 Å². The van der Waals surface area contributed by atoms with Crippen molar-refractivity contribution in [2.75, 3.05) is 13.6 Å². The SMILES string of the molecule is CNC(=O)[C@@]1(CCCc2cccc(Br)n2)CCN1C(C)=O. The molecular weight excluding hydrogens is 334 g/mol. The molecule has 0 radical (unpaired) electrons. The Hall–Kier alpha value is -1.43. The molecule has 1 saturated heterocycles. The largest absolute Gasteiger partial charge is 0.357 e.